The van der Waals surface area contributed by atoms with E-state index in [1.54, 1.807) is 24.3 Å². The number of halogens is 2. The molecular weight excluding hydrogens is 468 g/mol. The Morgan fingerprint density at radius 1 is 0.595 bits per heavy atom. The predicted molar refractivity (Wildman–Crippen MR) is 147 cm³/mol. The summed E-state index contributed by atoms with van der Waals surface area (Å²) in [6, 6.07) is 28.9. The minimum Gasteiger partial charge on any atom is -0.456 e. The van der Waals surface area contributed by atoms with Gasteiger partial charge in [0.25, 0.3) is 0 Å². The number of fused-ring (bicyclic) bond motifs is 2. The molecule has 6 rings (SSSR count). The van der Waals surface area contributed by atoms with Gasteiger partial charge in [-0.2, -0.15) is 0 Å². The van der Waals surface area contributed by atoms with E-state index in [1.807, 2.05) is 49.3 Å². The monoisotopic (exact) mass is 495 g/mol. The Bertz CT molecular complexity index is 1650. The van der Waals surface area contributed by atoms with Gasteiger partial charge in [0.2, 0.25) is 0 Å². The number of hydrogen-bond acceptors (Lipinski definition) is 3. The van der Waals surface area contributed by atoms with E-state index in [4.69, 9.17) is 8.83 Å². The van der Waals surface area contributed by atoms with Crippen molar-refractivity contribution >= 4 is 27.6 Å². The van der Waals surface area contributed by atoms with Crippen LogP contribution in [0.3, 0.4) is 0 Å². The fraction of sp³-hybridized carbons (Fsp3) is 0.125. The summed E-state index contributed by atoms with van der Waals surface area (Å²) in [4.78, 5) is 2.05. The Labute approximate surface area is 214 Å². The van der Waals surface area contributed by atoms with Crippen LogP contribution in [0.2, 0.25) is 0 Å². The molecule has 0 radical (unpaired) electrons. The predicted octanol–water partition coefficient (Wildman–Crippen LogP) is 9.11. The summed E-state index contributed by atoms with van der Waals surface area (Å²) in [6.07, 6.45) is 1.01. The van der Waals surface area contributed by atoms with E-state index in [0.717, 1.165) is 56.7 Å². The molecule has 0 bridgehead atoms. The molecule has 37 heavy (non-hydrogen) atoms. The average Bonchev–Trinajstić information content (AvgIpc) is 3.53. The molecule has 0 amide bonds. The molecule has 5 heteroatoms. The minimum absolute atomic E-state index is 0.233. The van der Waals surface area contributed by atoms with Gasteiger partial charge in [0, 0.05) is 41.7 Å². The Balaban J connectivity index is 0.000000152. The third-order valence-electron chi connectivity index (χ3n) is 6.26. The Kier molecular flexibility index (Phi) is 6.78. The van der Waals surface area contributed by atoms with Crippen molar-refractivity contribution in [3.8, 4) is 22.6 Å². The summed E-state index contributed by atoms with van der Waals surface area (Å²) < 4.78 is 37.3. The molecule has 2 aromatic heterocycles. The van der Waals surface area contributed by atoms with Gasteiger partial charge in [-0.1, -0.05) is 13.0 Å². The number of aryl methyl sites for hydroxylation is 1. The highest BCUT2D eigenvalue weighted by Gasteiger charge is 2.08. The van der Waals surface area contributed by atoms with Crippen LogP contribution in [0.5, 0.6) is 0 Å². The number of furan rings is 2. The molecule has 0 saturated carbocycles. The lowest BCUT2D eigenvalue weighted by Crippen LogP contribution is -2.07. The molecule has 4 aromatic carbocycles. The highest BCUT2D eigenvalue weighted by molar-refractivity contribution is 5.86. The van der Waals surface area contributed by atoms with Gasteiger partial charge >= 0.3 is 0 Å². The maximum atomic E-state index is 12.9. The van der Waals surface area contributed by atoms with Gasteiger partial charge in [-0.25, -0.2) is 8.78 Å². The molecule has 6 aromatic rings. The molecule has 0 N–H and O–H groups in total. The van der Waals surface area contributed by atoms with Gasteiger partial charge in [0.05, 0.1) is 0 Å². The number of rotatable bonds is 4. The number of nitrogens with zero attached hydrogens (tertiary/aromatic N) is 1. The highest BCUT2D eigenvalue weighted by Crippen LogP contribution is 2.31. The van der Waals surface area contributed by atoms with Crippen molar-refractivity contribution in [1.29, 1.82) is 0 Å². The Hall–Kier alpha value is -4.38. The van der Waals surface area contributed by atoms with E-state index in [9.17, 15) is 8.78 Å². The second kappa shape index (κ2) is 10.3. The van der Waals surface area contributed by atoms with Gasteiger partial charge in [-0.05, 0) is 103 Å². The molecule has 0 aliphatic rings. The molecular formula is C32H27F2NO2. The van der Waals surface area contributed by atoms with Crippen LogP contribution in [0, 0.1) is 11.6 Å². The van der Waals surface area contributed by atoms with E-state index < -0.39 is 0 Å². The zero-order valence-corrected chi connectivity index (χ0v) is 21.0. The first-order valence-electron chi connectivity index (χ1n) is 12.1. The van der Waals surface area contributed by atoms with Crippen molar-refractivity contribution in [3.05, 3.63) is 114 Å². The first-order valence-corrected chi connectivity index (χ1v) is 12.1. The molecule has 0 atom stereocenters. The first kappa shape index (κ1) is 24.3. The lowest BCUT2D eigenvalue weighted by molar-refractivity contribution is 0.622. The van der Waals surface area contributed by atoms with Crippen molar-refractivity contribution in [3.63, 3.8) is 0 Å². The maximum absolute atomic E-state index is 12.9. The normalized spacial score (nSPS) is 10.9. The van der Waals surface area contributed by atoms with Gasteiger partial charge in [0.1, 0.15) is 34.3 Å². The van der Waals surface area contributed by atoms with E-state index in [-0.39, 0.29) is 11.6 Å². The van der Waals surface area contributed by atoms with E-state index in [1.165, 1.54) is 29.8 Å². The molecule has 0 unspecified atom stereocenters. The van der Waals surface area contributed by atoms with Gasteiger partial charge < -0.3 is 13.7 Å². The van der Waals surface area contributed by atoms with Crippen LogP contribution < -0.4 is 4.90 Å². The second-order valence-corrected chi connectivity index (χ2v) is 9.08. The molecule has 3 nitrogen and oxygen atoms in total. The van der Waals surface area contributed by atoms with Crippen LogP contribution in [0.25, 0.3) is 44.6 Å². The standard InChI is InChI=1S/C16H14FNO.C16H13FO/c1-18(2)14-7-8-15-12(9-14)10-16(19-15)11-3-5-13(17)6-4-11;1-2-11-3-8-15-13(9-11)10-16(18-15)12-4-6-14(17)7-5-12/h3-10H,1-2H3;3-10H,2H2,1H3. The van der Waals surface area contributed by atoms with Gasteiger partial charge in [-0.3, -0.25) is 0 Å². The minimum atomic E-state index is -0.241. The van der Waals surface area contributed by atoms with Crippen molar-refractivity contribution in [2.45, 2.75) is 13.3 Å². The number of benzene rings is 4. The van der Waals surface area contributed by atoms with Crippen LogP contribution in [0.15, 0.2) is 106 Å². The van der Waals surface area contributed by atoms with Gasteiger partial charge in [-0.15, -0.1) is 0 Å². The molecule has 0 aliphatic carbocycles. The van der Waals surface area contributed by atoms with Crippen LogP contribution in [-0.4, -0.2) is 14.1 Å². The summed E-state index contributed by atoms with van der Waals surface area (Å²) >= 11 is 0. The van der Waals surface area contributed by atoms with Crippen LogP contribution >= 0.6 is 0 Å². The topological polar surface area (TPSA) is 29.5 Å². The Morgan fingerprint density at radius 2 is 1.08 bits per heavy atom. The van der Waals surface area contributed by atoms with Crippen LogP contribution in [-0.2, 0) is 6.42 Å². The molecule has 0 spiro atoms. The van der Waals surface area contributed by atoms with Gasteiger partial charge in [0.15, 0.2) is 0 Å². The van der Waals surface area contributed by atoms with E-state index in [2.05, 4.69) is 25.1 Å². The second-order valence-electron chi connectivity index (χ2n) is 9.08. The van der Waals surface area contributed by atoms with Crippen molar-refractivity contribution < 1.29 is 17.6 Å². The lowest BCUT2D eigenvalue weighted by atomic mass is 10.1. The molecule has 186 valence electrons. The fourth-order valence-corrected chi connectivity index (χ4v) is 4.13. The van der Waals surface area contributed by atoms with Crippen LogP contribution in [0.1, 0.15) is 12.5 Å². The lowest BCUT2D eigenvalue weighted by Gasteiger charge is -2.11. The van der Waals surface area contributed by atoms with E-state index >= 15 is 0 Å². The quantitative estimate of drug-likeness (QED) is 0.244. The highest BCUT2D eigenvalue weighted by atomic mass is 19.1. The molecule has 0 aliphatic heterocycles. The largest absolute Gasteiger partial charge is 0.456 e. The third-order valence-corrected chi connectivity index (χ3v) is 6.26. The summed E-state index contributed by atoms with van der Waals surface area (Å²) in [5.41, 5.74) is 5.89. The number of hydrogen-bond donors (Lipinski definition) is 0. The van der Waals surface area contributed by atoms with Crippen LogP contribution in [0.4, 0.5) is 14.5 Å². The smallest absolute Gasteiger partial charge is 0.135 e. The number of anilines is 1. The van der Waals surface area contributed by atoms with Crippen molar-refractivity contribution in [2.24, 2.45) is 0 Å². The zero-order chi connectivity index (χ0) is 25.9. The third kappa shape index (κ3) is 5.41. The fourth-order valence-electron chi connectivity index (χ4n) is 4.13. The summed E-state index contributed by atoms with van der Waals surface area (Å²) in [5, 5.41) is 2.14. The maximum Gasteiger partial charge on any atom is 0.135 e. The Morgan fingerprint density at radius 3 is 1.57 bits per heavy atom. The van der Waals surface area contributed by atoms with Crippen molar-refractivity contribution in [2.75, 3.05) is 19.0 Å². The average molecular weight is 496 g/mol. The zero-order valence-electron chi connectivity index (χ0n) is 21.0. The molecule has 0 fully saturated rings. The first-order chi connectivity index (χ1) is 17.9. The summed E-state index contributed by atoms with van der Waals surface area (Å²) in [6.45, 7) is 2.13. The molecule has 0 saturated heterocycles. The molecule has 2 heterocycles. The summed E-state index contributed by atoms with van der Waals surface area (Å²) in [7, 11) is 4.00. The SMILES string of the molecule is CCc1ccc2oc(-c3ccc(F)cc3)cc2c1.CN(C)c1ccc2oc(-c3ccc(F)cc3)cc2c1. The summed E-state index contributed by atoms with van der Waals surface area (Å²) in [5.74, 6) is 1.06. The van der Waals surface area contributed by atoms with Crippen molar-refractivity contribution in [1.82, 2.24) is 0 Å². The van der Waals surface area contributed by atoms with E-state index in [0.29, 0.717) is 0 Å².